The zero-order chi connectivity index (χ0) is 18.7. The van der Waals surface area contributed by atoms with Gasteiger partial charge in [-0.15, -0.1) is 0 Å². The van der Waals surface area contributed by atoms with Crippen LogP contribution in [0.25, 0.3) is 10.9 Å². The Morgan fingerprint density at radius 1 is 1.12 bits per heavy atom. The number of H-pyrrole nitrogens is 1. The average molecular weight is 352 g/mol. The molecular weight excluding hydrogens is 336 g/mol. The van der Waals surface area contributed by atoms with Gasteiger partial charge in [-0.2, -0.15) is 5.10 Å². The molecule has 3 aromatic rings. The smallest absolute Gasteiger partial charge is 0.360 e. The first kappa shape index (κ1) is 17.2. The fourth-order valence-electron chi connectivity index (χ4n) is 2.35. The van der Waals surface area contributed by atoms with E-state index in [1.54, 1.807) is 18.2 Å². The predicted molar refractivity (Wildman–Crippen MR) is 94.6 cm³/mol. The van der Waals surface area contributed by atoms with E-state index in [2.05, 4.69) is 15.5 Å². The molecule has 3 rings (SSSR count). The van der Waals surface area contributed by atoms with Crippen LogP contribution >= 0.6 is 0 Å². The van der Waals surface area contributed by atoms with Gasteiger partial charge < -0.3 is 15.8 Å². The predicted octanol–water partition coefficient (Wildman–Crippen LogP) is 1.85. The number of aromatic nitrogens is 2. The van der Waals surface area contributed by atoms with Gasteiger partial charge in [-0.1, -0.05) is 18.2 Å². The molecule has 0 saturated carbocycles. The number of anilines is 1. The third-order valence-electron chi connectivity index (χ3n) is 3.75. The van der Waals surface area contributed by atoms with E-state index in [0.29, 0.717) is 22.2 Å². The average Bonchev–Trinajstić information content (AvgIpc) is 3.06. The Hall–Kier alpha value is -3.68. The number of nitrogens with one attached hydrogen (secondary N) is 2. The number of nitrogens with zero attached hydrogens (tertiary/aromatic N) is 1. The minimum Gasteiger partial charge on any atom is -0.448 e. The molecule has 1 unspecified atom stereocenters. The van der Waals surface area contributed by atoms with Crippen molar-refractivity contribution in [2.75, 3.05) is 5.32 Å². The Kier molecular flexibility index (Phi) is 4.66. The largest absolute Gasteiger partial charge is 0.448 e. The lowest BCUT2D eigenvalue weighted by atomic mass is 10.2. The molecule has 0 fully saturated rings. The molecule has 1 heterocycles. The van der Waals surface area contributed by atoms with Crippen molar-refractivity contribution in [1.29, 1.82) is 0 Å². The summed E-state index contributed by atoms with van der Waals surface area (Å²) in [5.41, 5.74) is 6.76. The summed E-state index contributed by atoms with van der Waals surface area (Å²) in [6, 6.07) is 13.2. The number of esters is 1. The zero-order valence-electron chi connectivity index (χ0n) is 13.9. The molecule has 0 saturated heterocycles. The molecule has 2 amide bonds. The number of fused-ring (bicyclic) bond motifs is 1. The summed E-state index contributed by atoms with van der Waals surface area (Å²) >= 11 is 0. The third kappa shape index (κ3) is 3.54. The van der Waals surface area contributed by atoms with Crippen molar-refractivity contribution in [3.8, 4) is 0 Å². The molecule has 1 atom stereocenters. The van der Waals surface area contributed by atoms with Gasteiger partial charge >= 0.3 is 5.97 Å². The van der Waals surface area contributed by atoms with Crippen molar-refractivity contribution in [2.45, 2.75) is 13.0 Å². The molecule has 0 aliphatic heterocycles. The number of carbonyl (C=O) groups is 3. The van der Waals surface area contributed by atoms with Crippen molar-refractivity contribution >= 4 is 34.4 Å². The Balaban J connectivity index is 1.65. The molecule has 2 aromatic carbocycles. The van der Waals surface area contributed by atoms with Gasteiger partial charge in [0.05, 0.1) is 5.52 Å². The number of carbonyl (C=O) groups excluding carboxylic acids is 3. The van der Waals surface area contributed by atoms with E-state index >= 15 is 0 Å². The highest BCUT2D eigenvalue weighted by Gasteiger charge is 2.22. The van der Waals surface area contributed by atoms with Gasteiger partial charge in [0.1, 0.15) is 0 Å². The number of amides is 2. The number of hydrogen-bond acceptors (Lipinski definition) is 5. The van der Waals surface area contributed by atoms with Crippen LogP contribution in [0.3, 0.4) is 0 Å². The highest BCUT2D eigenvalue weighted by Crippen LogP contribution is 2.17. The second-order valence-electron chi connectivity index (χ2n) is 5.60. The van der Waals surface area contributed by atoms with Crippen LogP contribution in [-0.4, -0.2) is 34.1 Å². The van der Waals surface area contributed by atoms with Crippen LogP contribution in [-0.2, 0) is 9.53 Å². The third-order valence-corrected chi connectivity index (χ3v) is 3.75. The summed E-state index contributed by atoms with van der Waals surface area (Å²) in [6.45, 7) is 1.46. The number of hydrogen-bond donors (Lipinski definition) is 3. The summed E-state index contributed by atoms with van der Waals surface area (Å²) in [6.07, 6.45) is -1.03. The Labute approximate surface area is 148 Å². The maximum Gasteiger partial charge on any atom is 0.360 e. The van der Waals surface area contributed by atoms with Crippen molar-refractivity contribution in [3.05, 3.63) is 59.8 Å². The van der Waals surface area contributed by atoms with E-state index in [0.717, 1.165) is 0 Å². The van der Waals surface area contributed by atoms with E-state index in [1.165, 1.54) is 31.2 Å². The lowest BCUT2D eigenvalue weighted by Gasteiger charge is -2.13. The first-order chi connectivity index (χ1) is 12.5. The molecule has 1 aromatic heterocycles. The van der Waals surface area contributed by atoms with Crippen LogP contribution in [0.1, 0.15) is 27.8 Å². The van der Waals surface area contributed by atoms with E-state index in [4.69, 9.17) is 10.5 Å². The van der Waals surface area contributed by atoms with Gasteiger partial charge in [0, 0.05) is 16.6 Å². The van der Waals surface area contributed by atoms with Crippen LogP contribution in [0.5, 0.6) is 0 Å². The topological polar surface area (TPSA) is 127 Å². The Morgan fingerprint density at radius 2 is 1.81 bits per heavy atom. The number of rotatable bonds is 5. The summed E-state index contributed by atoms with van der Waals surface area (Å²) < 4.78 is 5.19. The number of ether oxygens (including phenoxy) is 1. The minimum absolute atomic E-state index is 0.117. The molecule has 0 aliphatic carbocycles. The number of para-hydroxylation sites is 1. The van der Waals surface area contributed by atoms with Gasteiger partial charge in [-0.25, -0.2) is 4.79 Å². The van der Waals surface area contributed by atoms with Gasteiger partial charge in [-0.3, -0.25) is 14.7 Å². The lowest BCUT2D eigenvalue weighted by Crippen LogP contribution is -2.30. The summed E-state index contributed by atoms with van der Waals surface area (Å²) in [7, 11) is 0. The van der Waals surface area contributed by atoms with E-state index in [1.807, 2.05) is 6.07 Å². The molecule has 132 valence electrons. The number of aromatic amines is 1. The summed E-state index contributed by atoms with van der Waals surface area (Å²) in [4.78, 5) is 35.5. The monoisotopic (exact) mass is 352 g/mol. The van der Waals surface area contributed by atoms with Crippen LogP contribution in [0, 0.1) is 0 Å². The van der Waals surface area contributed by atoms with Gasteiger partial charge in [0.15, 0.2) is 11.8 Å². The lowest BCUT2D eigenvalue weighted by molar-refractivity contribution is -0.123. The maximum atomic E-state index is 12.3. The second kappa shape index (κ2) is 7.06. The molecule has 8 nitrogen and oxygen atoms in total. The number of benzene rings is 2. The zero-order valence-corrected chi connectivity index (χ0v) is 13.9. The second-order valence-corrected chi connectivity index (χ2v) is 5.60. The maximum absolute atomic E-state index is 12.3. The van der Waals surface area contributed by atoms with Crippen LogP contribution in [0.2, 0.25) is 0 Å². The van der Waals surface area contributed by atoms with Crippen molar-refractivity contribution in [2.24, 2.45) is 5.73 Å². The molecule has 0 radical (unpaired) electrons. The first-order valence-corrected chi connectivity index (χ1v) is 7.80. The summed E-state index contributed by atoms with van der Waals surface area (Å²) in [5.74, 6) is -1.77. The fourth-order valence-corrected chi connectivity index (χ4v) is 2.35. The van der Waals surface area contributed by atoms with Gasteiger partial charge in [-0.05, 0) is 37.3 Å². The van der Waals surface area contributed by atoms with Crippen molar-refractivity contribution in [3.63, 3.8) is 0 Å². The number of nitrogens with two attached hydrogens (primary N) is 1. The molecule has 4 N–H and O–H groups in total. The van der Waals surface area contributed by atoms with E-state index < -0.39 is 23.9 Å². The van der Waals surface area contributed by atoms with E-state index in [-0.39, 0.29) is 5.69 Å². The standard InChI is InChI=1S/C18H16N4O4/c1-10(17(24)20-12-8-6-11(7-9-12)16(19)23)26-18(25)15-13-4-2-3-5-14(13)21-22-15/h2-10H,1H3,(H2,19,23)(H,20,24)(H,21,22). The summed E-state index contributed by atoms with van der Waals surface area (Å²) in [5, 5.41) is 9.90. The minimum atomic E-state index is -1.03. The van der Waals surface area contributed by atoms with Crippen molar-refractivity contribution in [1.82, 2.24) is 10.2 Å². The van der Waals surface area contributed by atoms with Gasteiger partial charge in [0.2, 0.25) is 5.91 Å². The highest BCUT2D eigenvalue weighted by atomic mass is 16.5. The molecule has 0 aliphatic rings. The fraction of sp³-hybridized carbons (Fsp3) is 0.111. The molecule has 26 heavy (non-hydrogen) atoms. The molecule has 8 heteroatoms. The van der Waals surface area contributed by atoms with Crippen LogP contribution < -0.4 is 11.1 Å². The van der Waals surface area contributed by atoms with Crippen molar-refractivity contribution < 1.29 is 19.1 Å². The Bertz CT molecular complexity index is 978. The molecular formula is C18H16N4O4. The first-order valence-electron chi connectivity index (χ1n) is 7.80. The SMILES string of the molecule is CC(OC(=O)c1n[nH]c2ccccc12)C(=O)Nc1ccc(C(N)=O)cc1. The van der Waals surface area contributed by atoms with E-state index in [9.17, 15) is 14.4 Å². The quantitative estimate of drug-likeness (QED) is 0.604. The molecule has 0 bridgehead atoms. The Morgan fingerprint density at radius 3 is 2.50 bits per heavy atom. The van der Waals surface area contributed by atoms with Crippen LogP contribution in [0.4, 0.5) is 5.69 Å². The highest BCUT2D eigenvalue weighted by molar-refractivity contribution is 6.03. The van der Waals surface area contributed by atoms with Gasteiger partial charge in [0.25, 0.3) is 5.91 Å². The number of primary amides is 1. The normalized spacial score (nSPS) is 11.7. The van der Waals surface area contributed by atoms with Crippen LogP contribution in [0.15, 0.2) is 48.5 Å². The molecule has 0 spiro atoms.